The Morgan fingerprint density at radius 1 is 1.25 bits per heavy atom. The molecule has 0 heterocycles. The minimum Gasteiger partial charge on any atom is -0.380 e. The van der Waals surface area contributed by atoms with Crippen molar-refractivity contribution in [3.8, 4) is 0 Å². The molecule has 0 amide bonds. The van der Waals surface area contributed by atoms with Gasteiger partial charge < -0.3 is 5.32 Å². The van der Waals surface area contributed by atoms with E-state index in [1.807, 2.05) is 12.1 Å². The lowest BCUT2D eigenvalue weighted by molar-refractivity contribution is 0.438. The zero-order valence-electron chi connectivity index (χ0n) is 9.05. The summed E-state index contributed by atoms with van der Waals surface area (Å²) in [7, 11) is 0. The normalized spacial score (nSPS) is 32.0. The molecule has 1 nitrogen and oxygen atoms in total. The quantitative estimate of drug-likeness (QED) is 0.858. The van der Waals surface area contributed by atoms with Gasteiger partial charge in [0.15, 0.2) is 0 Å². The number of anilines is 1. The number of rotatable bonds is 2. The van der Waals surface area contributed by atoms with Crippen LogP contribution in [0.5, 0.6) is 0 Å². The maximum Gasteiger partial charge on any atom is 0.147 e. The van der Waals surface area contributed by atoms with E-state index in [0.29, 0.717) is 11.7 Å². The van der Waals surface area contributed by atoms with E-state index >= 15 is 0 Å². The van der Waals surface area contributed by atoms with Crippen molar-refractivity contribution >= 4 is 21.6 Å². The van der Waals surface area contributed by atoms with Gasteiger partial charge in [0, 0.05) is 10.5 Å². The van der Waals surface area contributed by atoms with Crippen LogP contribution in [0.15, 0.2) is 22.7 Å². The predicted molar refractivity (Wildman–Crippen MR) is 67.0 cm³/mol. The molecule has 2 aliphatic rings. The lowest BCUT2D eigenvalue weighted by Gasteiger charge is -2.24. The van der Waals surface area contributed by atoms with Crippen molar-refractivity contribution in [2.75, 3.05) is 5.32 Å². The Bertz CT molecular complexity index is 407. The molecule has 1 aromatic rings. The van der Waals surface area contributed by atoms with Crippen LogP contribution in [-0.2, 0) is 0 Å². The van der Waals surface area contributed by atoms with Gasteiger partial charge in [-0.1, -0.05) is 22.4 Å². The van der Waals surface area contributed by atoms with Gasteiger partial charge >= 0.3 is 0 Å². The van der Waals surface area contributed by atoms with Gasteiger partial charge in [-0.05, 0) is 49.3 Å². The van der Waals surface area contributed by atoms with Gasteiger partial charge in [0.2, 0.25) is 0 Å². The summed E-state index contributed by atoms with van der Waals surface area (Å²) in [6.07, 6.45) is 5.27. The van der Waals surface area contributed by atoms with E-state index in [2.05, 4.69) is 21.2 Å². The van der Waals surface area contributed by atoms with Gasteiger partial charge in [-0.2, -0.15) is 0 Å². The van der Waals surface area contributed by atoms with E-state index in [9.17, 15) is 4.39 Å². The summed E-state index contributed by atoms with van der Waals surface area (Å²) in [5.74, 6) is 1.51. The third-order valence-corrected chi connectivity index (χ3v) is 4.50. The van der Waals surface area contributed by atoms with Crippen molar-refractivity contribution < 1.29 is 4.39 Å². The molecule has 1 N–H and O–H groups in total. The van der Waals surface area contributed by atoms with Gasteiger partial charge in [0.05, 0.1) is 5.69 Å². The molecule has 2 fully saturated rings. The molecule has 0 aliphatic heterocycles. The maximum atomic E-state index is 13.7. The fourth-order valence-corrected chi connectivity index (χ4v) is 3.56. The first kappa shape index (κ1) is 10.6. The standard InChI is InChI=1S/C13H15BrFN/c14-10-3-4-12(11(15)7-10)16-13-6-8-1-2-9(13)5-8/h3-4,7-9,13,16H,1-2,5-6H2. The Morgan fingerprint density at radius 3 is 2.75 bits per heavy atom. The predicted octanol–water partition coefficient (Wildman–Crippen LogP) is 4.19. The van der Waals surface area contributed by atoms with E-state index in [1.54, 1.807) is 0 Å². The molecule has 1 aromatic carbocycles. The number of fused-ring (bicyclic) bond motifs is 2. The van der Waals surface area contributed by atoms with Crippen LogP contribution in [0.2, 0.25) is 0 Å². The summed E-state index contributed by atoms with van der Waals surface area (Å²) in [6.45, 7) is 0. The number of halogens is 2. The second-order valence-corrected chi connectivity index (χ2v) is 5.97. The maximum absolute atomic E-state index is 13.7. The summed E-state index contributed by atoms with van der Waals surface area (Å²) < 4.78 is 14.4. The van der Waals surface area contributed by atoms with E-state index < -0.39 is 0 Å². The van der Waals surface area contributed by atoms with Crippen molar-refractivity contribution in [3.63, 3.8) is 0 Å². The number of hydrogen-bond acceptors (Lipinski definition) is 1. The molecule has 3 atom stereocenters. The van der Waals surface area contributed by atoms with Gasteiger partial charge in [-0.15, -0.1) is 0 Å². The third kappa shape index (κ3) is 1.86. The van der Waals surface area contributed by atoms with E-state index in [1.165, 1.54) is 31.7 Å². The van der Waals surface area contributed by atoms with Crippen LogP contribution in [0, 0.1) is 17.7 Å². The van der Waals surface area contributed by atoms with Crippen LogP contribution in [0.3, 0.4) is 0 Å². The molecule has 3 rings (SSSR count). The van der Waals surface area contributed by atoms with Crippen molar-refractivity contribution in [3.05, 3.63) is 28.5 Å². The van der Waals surface area contributed by atoms with Crippen molar-refractivity contribution in [1.82, 2.24) is 0 Å². The van der Waals surface area contributed by atoms with Gasteiger partial charge in [0.25, 0.3) is 0 Å². The minimum atomic E-state index is -0.155. The monoisotopic (exact) mass is 283 g/mol. The van der Waals surface area contributed by atoms with Crippen molar-refractivity contribution in [2.24, 2.45) is 11.8 Å². The average Bonchev–Trinajstić information content (AvgIpc) is 2.84. The summed E-state index contributed by atoms with van der Waals surface area (Å²) in [5.41, 5.74) is 0.653. The molecule has 0 aromatic heterocycles. The van der Waals surface area contributed by atoms with Crippen molar-refractivity contribution in [1.29, 1.82) is 0 Å². The van der Waals surface area contributed by atoms with Crippen molar-refractivity contribution in [2.45, 2.75) is 31.7 Å². The van der Waals surface area contributed by atoms with Gasteiger partial charge in [-0.3, -0.25) is 0 Å². The first-order valence-corrected chi connectivity index (χ1v) is 6.73. The largest absolute Gasteiger partial charge is 0.380 e. The molecule has 0 spiro atoms. The van der Waals surface area contributed by atoms with Crippen LogP contribution in [0.25, 0.3) is 0 Å². The molecule has 16 heavy (non-hydrogen) atoms. The van der Waals surface area contributed by atoms with Crippen LogP contribution in [0.1, 0.15) is 25.7 Å². The summed E-state index contributed by atoms with van der Waals surface area (Å²) in [4.78, 5) is 0. The third-order valence-electron chi connectivity index (χ3n) is 4.01. The van der Waals surface area contributed by atoms with E-state index in [0.717, 1.165) is 16.3 Å². The lowest BCUT2D eigenvalue weighted by Crippen LogP contribution is -2.26. The molecule has 2 aliphatic carbocycles. The second kappa shape index (κ2) is 4.02. The second-order valence-electron chi connectivity index (χ2n) is 5.05. The zero-order valence-corrected chi connectivity index (χ0v) is 10.6. The molecule has 0 radical (unpaired) electrons. The van der Waals surface area contributed by atoms with E-state index in [-0.39, 0.29) is 5.82 Å². The minimum absolute atomic E-state index is 0.155. The molecular formula is C13H15BrFN. The molecule has 3 heteroatoms. The Hall–Kier alpha value is -0.570. The molecular weight excluding hydrogens is 269 g/mol. The summed E-state index contributed by atoms with van der Waals surface area (Å²) in [6, 6.07) is 5.73. The highest BCUT2D eigenvalue weighted by Crippen LogP contribution is 2.45. The highest BCUT2D eigenvalue weighted by atomic mass is 79.9. The van der Waals surface area contributed by atoms with Crippen LogP contribution >= 0.6 is 15.9 Å². The summed E-state index contributed by atoms with van der Waals surface area (Å²) >= 11 is 3.27. The molecule has 0 saturated heterocycles. The molecule has 2 saturated carbocycles. The van der Waals surface area contributed by atoms with Crippen LogP contribution in [-0.4, -0.2) is 6.04 Å². The Morgan fingerprint density at radius 2 is 2.12 bits per heavy atom. The topological polar surface area (TPSA) is 12.0 Å². The van der Waals surface area contributed by atoms with Crippen LogP contribution in [0.4, 0.5) is 10.1 Å². The van der Waals surface area contributed by atoms with E-state index in [4.69, 9.17) is 0 Å². The number of hydrogen-bond donors (Lipinski definition) is 1. The zero-order chi connectivity index (χ0) is 11.1. The lowest BCUT2D eigenvalue weighted by atomic mass is 9.95. The SMILES string of the molecule is Fc1cc(Br)ccc1NC1CC2CCC1C2. The number of nitrogens with one attached hydrogen (secondary N) is 1. The number of benzene rings is 1. The Balaban J connectivity index is 1.74. The molecule has 86 valence electrons. The smallest absolute Gasteiger partial charge is 0.147 e. The Kier molecular flexibility index (Phi) is 2.66. The Labute approximate surface area is 104 Å². The first-order valence-electron chi connectivity index (χ1n) is 5.94. The van der Waals surface area contributed by atoms with Gasteiger partial charge in [-0.25, -0.2) is 4.39 Å². The summed E-state index contributed by atoms with van der Waals surface area (Å²) in [5, 5.41) is 3.37. The average molecular weight is 284 g/mol. The fraction of sp³-hybridized carbons (Fsp3) is 0.538. The van der Waals surface area contributed by atoms with Crippen LogP contribution < -0.4 is 5.32 Å². The van der Waals surface area contributed by atoms with Gasteiger partial charge in [0.1, 0.15) is 5.82 Å². The highest BCUT2D eigenvalue weighted by Gasteiger charge is 2.39. The fourth-order valence-electron chi connectivity index (χ4n) is 3.23. The molecule has 3 unspecified atom stereocenters. The first-order chi connectivity index (χ1) is 7.72. The molecule has 2 bridgehead atoms. The highest BCUT2D eigenvalue weighted by molar-refractivity contribution is 9.10.